The SMILES string of the molecule is CCNc1cc(CN2CCC(C(C)O)CC2)ccn1. The fourth-order valence-corrected chi connectivity index (χ4v) is 2.70. The maximum absolute atomic E-state index is 9.61. The summed E-state index contributed by atoms with van der Waals surface area (Å²) in [6.45, 7) is 8.02. The fourth-order valence-electron chi connectivity index (χ4n) is 2.70. The van der Waals surface area contributed by atoms with Gasteiger partial charge in [0, 0.05) is 19.3 Å². The average Bonchev–Trinajstić information content (AvgIpc) is 2.40. The zero-order valence-corrected chi connectivity index (χ0v) is 12.0. The van der Waals surface area contributed by atoms with Gasteiger partial charge in [0.25, 0.3) is 0 Å². The number of anilines is 1. The molecule has 1 aromatic rings. The fraction of sp³-hybridized carbons (Fsp3) is 0.667. The lowest BCUT2D eigenvalue weighted by atomic mass is 9.92. The number of aliphatic hydroxyl groups excluding tert-OH is 1. The first-order valence-electron chi connectivity index (χ1n) is 7.28. The molecule has 1 aliphatic heterocycles. The summed E-state index contributed by atoms with van der Waals surface area (Å²) in [6.07, 6.45) is 3.91. The summed E-state index contributed by atoms with van der Waals surface area (Å²) >= 11 is 0. The summed E-state index contributed by atoms with van der Waals surface area (Å²) in [4.78, 5) is 6.76. The number of nitrogens with zero attached hydrogens (tertiary/aromatic N) is 2. The van der Waals surface area contributed by atoms with Crippen molar-refractivity contribution >= 4 is 5.82 Å². The molecule has 0 amide bonds. The van der Waals surface area contributed by atoms with E-state index in [9.17, 15) is 5.11 Å². The van der Waals surface area contributed by atoms with Gasteiger partial charge in [-0.3, -0.25) is 4.90 Å². The molecular formula is C15H25N3O. The molecule has 0 aliphatic carbocycles. The third-order valence-corrected chi connectivity index (χ3v) is 3.90. The monoisotopic (exact) mass is 263 g/mol. The van der Waals surface area contributed by atoms with Crippen molar-refractivity contribution in [2.24, 2.45) is 5.92 Å². The Labute approximate surface area is 115 Å². The van der Waals surface area contributed by atoms with E-state index in [0.29, 0.717) is 5.92 Å². The summed E-state index contributed by atoms with van der Waals surface area (Å²) in [5.41, 5.74) is 1.31. The van der Waals surface area contributed by atoms with Crippen LogP contribution in [0.2, 0.25) is 0 Å². The molecule has 1 unspecified atom stereocenters. The predicted molar refractivity (Wildman–Crippen MR) is 78.1 cm³/mol. The molecular weight excluding hydrogens is 238 g/mol. The van der Waals surface area contributed by atoms with Gasteiger partial charge in [-0.25, -0.2) is 4.98 Å². The summed E-state index contributed by atoms with van der Waals surface area (Å²) < 4.78 is 0. The smallest absolute Gasteiger partial charge is 0.126 e. The highest BCUT2D eigenvalue weighted by atomic mass is 16.3. The highest BCUT2D eigenvalue weighted by Crippen LogP contribution is 2.22. The Hall–Kier alpha value is -1.13. The topological polar surface area (TPSA) is 48.4 Å². The molecule has 19 heavy (non-hydrogen) atoms. The van der Waals surface area contributed by atoms with Crippen LogP contribution in [0.5, 0.6) is 0 Å². The molecule has 0 aromatic carbocycles. The minimum absolute atomic E-state index is 0.163. The van der Waals surface area contributed by atoms with Gasteiger partial charge in [-0.2, -0.15) is 0 Å². The molecule has 0 radical (unpaired) electrons. The van der Waals surface area contributed by atoms with E-state index in [4.69, 9.17) is 0 Å². The highest BCUT2D eigenvalue weighted by Gasteiger charge is 2.22. The number of likely N-dealkylation sites (tertiary alicyclic amines) is 1. The summed E-state index contributed by atoms with van der Waals surface area (Å²) in [5.74, 6) is 1.44. The Morgan fingerprint density at radius 1 is 1.47 bits per heavy atom. The lowest BCUT2D eigenvalue weighted by molar-refractivity contribution is 0.0695. The van der Waals surface area contributed by atoms with E-state index in [1.807, 2.05) is 13.1 Å². The second kappa shape index (κ2) is 6.87. The molecule has 2 rings (SSSR count). The third kappa shape index (κ3) is 4.18. The molecule has 1 aliphatic rings. The van der Waals surface area contributed by atoms with Crippen molar-refractivity contribution in [3.63, 3.8) is 0 Å². The zero-order chi connectivity index (χ0) is 13.7. The van der Waals surface area contributed by atoms with Crippen LogP contribution in [0.15, 0.2) is 18.3 Å². The Kier molecular flexibility index (Phi) is 5.16. The number of rotatable bonds is 5. The van der Waals surface area contributed by atoms with Crippen LogP contribution in [-0.2, 0) is 6.54 Å². The van der Waals surface area contributed by atoms with E-state index < -0.39 is 0 Å². The van der Waals surface area contributed by atoms with E-state index in [0.717, 1.165) is 44.8 Å². The third-order valence-electron chi connectivity index (χ3n) is 3.90. The Morgan fingerprint density at radius 2 is 2.21 bits per heavy atom. The van der Waals surface area contributed by atoms with Crippen LogP contribution < -0.4 is 5.32 Å². The second-order valence-electron chi connectivity index (χ2n) is 5.43. The lowest BCUT2D eigenvalue weighted by Gasteiger charge is -2.33. The Balaban J connectivity index is 1.86. The molecule has 2 heterocycles. The standard InChI is InChI=1S/C15H25N3O/c1-3-16-15-10-13(4-7-17-15)11-18-8-5-14(6-9-18)12(2)19/h4,7,10,12,14,19H,3,5-6,8-9,11H2,1-2H3,(H,16,17). The molecule has 1 atom stereocenters. The molecule has 2 N–H and O–H groups in total. The van der Waals surface area contributed by atoms with Crippen LogP contribution in [0, 0.1) is 5.92 Å². The molecule has 0 spiro atoms. The van der Waals surface area contributed by atoms with Gasteiger partial charge < -0.3 is 10.4 Å². The molecule has 4 heteroatoms. The number of aliphatic hydroxyl groups is 1. The normalized spacial score (nSPS) is 19.3. The van der Waals surface area contributed by atoms with Gasteiger partial charge in [0.1, 0.15) is 5.82 Å². The van der Waals surface area contributed by atoms with E-state index in [1.54, 1.807) is 0 Å². The van der Waals surface area contributed by atoms with E-state index in [1.165, 1.54) is 5.56 Å². The molecule has 1 fully saturated rings. The van der Waals surface area contributed by atoms with Gasteiger partial charge in [0.05, 0.1) is 6.10 Å². The highest BCUT2D eigenvalue weighted by molar-refractivity contribution is 5.37. The minimum atomic E-state index is -0.163. The van der Waals surface area contributed by atoms with Gasteiger partial charge >= 0.3 is 0 Å². The van der Waals surface area contributed by atoms with Crippen molar-refractivity contribution in [1.82, 2.24) is 9.88 Å². The zero-order valence-electron chi connectivity index (χ0n) is 12.0. The lowest BCUT2D eigenvalue weighted by Crippen LogP contribution is -2.36. The number of nitrogens with one attached hydrogen (secondary N) is 1. The van der Waals surface area contributed by atoms with E-state index in [2.05, 4.69) is 34.3 Å². The van der Waals surface area contributed by atoms with Crippen molar-refractivity contribution in [2.75, 3.05) is 25.0 Å². The first kappa shape index (κ1) is 14.3. The van der Waals surface area contributed by atoms with Crippen LogP contribution in [-0.4, -0.2) is 40.7 Å². The molecule has 0 saturated carbocycles. The van der Waals surface area contributed by atoms with Crippen molar-refractivity contribution in [2.45, 2.75) is 39.3 Å². The number of hydrogen-bond donors (Lipinski definition) is 2. The largest absolute Gasteiger partial charge is 0.393 e. The van der Waals surface area contributed by atoms with E-state index >= 15 is 0 Å². The van der Waals surface area contributed by atoms with Crippen molar-refractivity contribution in [3.05, 3.63) is 23.9 Å². The number of piperidine rings is 1. The second-order valence-corrected chi connectivity index (χ2v) is 5.43. The van der Waals surface area contributed by atoms with Gasteiger partial charge in [0.15, 0.2) is 0 Å². The number of aromatic nitrogens is 1. The van der Waals surface area contributed by atoms with Crippen molar-refractivity contribution in [1.29, 1.82) is 0 Å². The van der Waals surface area contributed by atoms with Gasteiger partial charge in [-0.15, -0.1) is 0 Å². The number of hydrogen-bond acceptors (Lipinski definition) is 4. The Morgan fingerprint density at radius 3 is 2.84 bits per heavy atom. The minimum Gasteiger partial charge on any atom is -0.393 e. The van der Waals surface area contributed by atoms with Gasteiger partial charge in [0.2, 0.25) is 0 Å². The Bertz CT molecular complexity index is 387. The van der Waals surface area contributed by atoms with Crippen LogP contribution in [0.3, 0.4) is 0 Å². The summed E-state index contributed by atoms with van der Waals surface area (Å²) in [7, 11) is 0. The van der Waals surface area contributed by atoms with Crippen LogP contribution in [0.4, 0.5) is 5.82 Å². The van der Waals surface area contributed by atoms with Crippen LogP contribution in [0.1, 0.15) is 32.3 Å². The summed E-state index contributed by atoms with van der Waals surface area (Å²) in [5, 5.41) is 12.9. The van der Waals surface area contributed by atoms with Gasteiger partial charge in [-0.1, -0.05) is 0 Å². The predicted octanol–water partition coefficient (Wildman–Crippen LogP) is 2.11. The van der Waals surface area contributed by atoms with Crippen LogP contribution in [0.25, 0.3) is 0 Å². The molecule has 106 valence electrons. The number of pyridine rings is 1. The molecule has 1 aromatic heterocycles. The molecule has 4 nitrogen and oxygen atoms in total. The molecule has 0 bridgehead atoms. The maximum atomic E-state index is 9.61. The summed E-state index contributed by atoms with van der Waals surface area (Å²) in [6, 6.07) is 4.21. The van der Waals surface area contributed by atoms with Crippen molar-refractivity contribution < 1.29 is 5.11 Å². The van der Waals surface area contributed by atoms with Gasteiger partial charge in [-0.05, 0) is 63.4 Å². The first-order chi connectivity index (χ1) is 9.19. The van der Waals surface area contributed by atoms with E-state index in [-0.39, 0.29) is 6.10 Å². The maximum Gasteiger partial charge on any atom is 0.126 e. The van der Waals surface area contributed by atoms with Crippen LogP contribution >= 0.6 is 0 Å². The first-order valence-corrected chi connectivity index (χ1v) is 7.28. The van der Waals surface area contributed by atoms with Crippen molar-refractivity contribution in [3.8, 4) is 0 Å². The molecule has 1 saturated heterocycles. The average molecular weight is 263 g/mol. The quantitative estimate of drug-likeness (QED) is 0.854.